The zero-order valence-electron chi connectivity index (χ0n) is 11.4. The molecule has 2 rings (SSSR count). The molecule has 2 aromatic rings. The molecule has 0 bridgehead atoms. The molecule has 0 saturated heterocycles. The molecule has 0 aliphatic carbocycles. The van der Waals surface area contributed by atoms with Gasteiger partial charge < -0.3 is 5.32 Å². The molecular weight excluding hydrogens is 248 g/mol. The molecule has 0 aliphatic rings. The fourth-order valence-electron chi connectivity index (χ4n) is 1.97. The number of nitrogens with zero attached hydrogens (tertiary/aromatic N) is 1. The van der Waals surface area contributed by atoms with Gasteiger partial charge in [0.15, 0.2) is 0 Å². The molecule has 100 valence electrons. The number of amides is 1. The van der Waals surface area contributed by atoms with Crippen LogP contribution >= 0.6 is 0 Å². The summed E-state index contributed by atoms with van der Waals surface area (Å²) in [5.41, 5.74) is 3.79. The van der Waals surface area contributed by atoms with E-state index >= 15 is 0 Å². The third kappa shape index (κ3) is 3.96. The highest BCUT2D eigenvalue weighted by Crippen LogP contribution is 2.05. The summed E-state index contributed by atoms with van der Waals surface area (Å²) in [5.74, 6) is -0.0174. The van der Waals surface area contributed by atoms with Crippen LogP contribution in [0.4, 0.5) is 0 Å². The minimum atomic E-state index is -0.0174. The lowest BCUT2D eigenvalue weighted by Crippen LogP contribution is -2.24. The highest BCUT2D eigenvalue weighted by atomic mass is 16.1. The van der Waals surface area contributed by atoms with Crippen molar-refractivity contribution in [3.63, 3.8) is 0 Å². The zero-order chi connectivity index (χ0) is 14.4. The first-order valence-corrected chi connectivity index (χ1v) is 6.48. The zero-order valence-corrected chi connectivity index (χ0v) is 11.4. The van der Waals surface area contributed by atoms with Crippen LogP contribution in [0.2, 0.25) is 0 Å². The summed E-state index contributed by atoms with van der Waals surface area (Å²) in [6, 6.07) is 17.2. The Balaban J connectivity index is 1.87. The highest BCUT2D eigenvalue weighted by Gasteiger charge is 2.03. The quantitative estimate of drug-likeness (QED) is 0.923. The highest BCUT2D eigenvalue weighted by molar-refractivity contribution is 5.78. The Labute approximate surface area is 118 Å². The number of rotatable bonds is 4. The Kier molecular flexibility index (Phi) is 4.52. The van der Waals surface area contributed by atoms with E-state index < -0.39 is 0 Å². The smallest absolute Gasteiger partial charge is 0.224 e. The molecule has 0 unspecified atom stereocenters. The molecule has 3 heteroatoms. The summed E-state index contributed by atoms with van der Waals surface area (Å²) in [5, 5.41) is 11.6. The molecule has 0 aromatic heterocycles. The first-order valence-electron chi connectivity index (χ1n) is 6.48. The van der Waals surface area contributed by atoms with Gasteiger partial charge in [0.05, 0.1) is 18.1 Å². The second-order valence-corrected chi connectivity index (χ2v) is 4.75. The average molecular weight is 264 g/mol. The number of hydrogen-bond donors (Lipinski definition) is 1. The van der Waals surface area contributed by atoms with Crippen LogP contribution in [0, 0.1) is 18.3 Å². The van der Waals surface area contributed by atoms with Crippen molar-refractivity contribution in [3.05, 3.63) is 70.8 Å². The summed E-state index contributed by atoms with van der Waals surface area (Å²) >= 11 is 0. The van der Waals surface area contributed by atoms with Crippen molar-refractivity contribution in [3.8, 4) is 6.07 Å². The fraction of sp³-hybridized carbons (Fsp3) is 0.176. The van der Waals surface area contributed by atoms with E-state index in [1.165, 1.54) is 5.56 Å². The SMILES string of the molecule is Cc1cccc(CNC(=O)Cc2ccc(C#N)cc2)c1. The molecule has 0 heterocycles. The van der Waals surface area contributed by atoms with Crippen molar-refractivity contribution >= 4 is 5.91 Å². The van der Waals surface area contributed by atoms with E-state index in [4.69, 9.17) is 5.26 Å². The van der Waals surface area contributed by atoms with Gasteiger partial charge in [0, 0.05) is 6.54 Å². The van der Waals surface area contributed by atoms with Crippen molar-refractivity contribution in [1.29, 1.82) is 5.26 Å². The molecule has 1 amide bonds. The lowest BCUT2D eigenvalue weighted by Gasteiger charge is -2.06. The molecule has 0 saturated carbocycles. The van der Waals surface area contributed by atoms with Gasteiger partial charge in [-0.15, -0.1) is 0 Å². The minimum absolute atomic E-state index is 0.0174. The standard InChI is InChI=1S/C17H16N2O/c1-13-3-2-4-16(9-13)12-19-17(20)10-14-5-7-15(11-18)8-6-14/h2-9H,10,12H2,1H3,(H,19,20). The van der Waals surface area contributed by atoms with Crippen molar-refractivity contribution in [2.75, 3.05) is 0 Å². The molecule has 3 nitrogen and oxygen atoms in total. The van der Waals surface area contributed by atoms with Gasteiger partial charge in [0.2, 0.25) is 5.91 Å². The first-order chi connectivity index (χ1) is 9.67. The van der Waals surface area contributed by atoms with Crippen LogP contribution in [0.5, 0.6) is 0 Å². The van der Waals surface area contributed by atoms with Gasteiger partial charge in [-0.25, -0.2) is 0 Å². The first kappa shape index (κ1) is 13.8. The monoisotopic (exact) mass is 264 g/mol. The number of hydrogen-bond acceptors (Lipinski definition) is 2. The Morgan fingerprint density at radius 1 is 1.15 bits per heavy atom. The second-order valence-electron chi connectivity index (χ2n) is 4.75. The van der Waals surface area contributed by atoms with Crippen molar-refractivity contribution in [2.24, 2.45) is 0 Å². The molecule has 1 N–H and O–H groups in total. The van der Waals surface area contributed by atoms with Gasteiger partial charge in [-0.2, -0.15) is 5.26 Å². The Bertz CT molecular complexity index is 639. The van der Waals surface area contributed by atoms with E-state index in [0.29, 0.717) is 18.5 Å². The molecule has 0 spiro atoms. The van der Waals surface area contributed by atoms with Crippen LogP contribution in [-0.4, -0.2) is 5.91 Å². The predicted molar refractivity (Wildman–Crippen MR) is 77.9 cm³/mol. The van der Waals surface area contributed by atoms with Gasteiger partial charge in [-0.05, 0) is 30.2 Å². The number of carbonyl (C=O) groups is 1. The van der Waals surface area contributed by atoms with Crippen LogP contribution in [-0.2, 0) is 17.8 Å². The number of benzene rings is 2. The topological polar surface area (TPSA) is 52.9 Å². The molecule has 2 aromatic carbocycles. The Morgan fingerprint density at radius 3 is 2.55 bits per heavy atom. The molecule has 0 aliphatic heterocycles. The summed E-state index contributed by atoms with van der Waals surface area (Å²) < 4.78 is 0. The summed E-state index contributed by atoms with van der Waals surface area (Å²) in [6.07, 6.45) is 0.331. The van der Waals surface area contributed by atoms with E-state index in [1.807, 2.05) is 37.3 Å². The summed E-state index contributed by atoms with van der Waals surface area (Å²) in [4.78, 5) is 11.8. The normalized spacial score (nSPS) is 9.80. The van der Waals surface area contributed by atoms with Gasteiger partial charge >= 0.3 is 0 Å². The van der Waals surface area contributed by atoms with E-state index in [1.54, 1.807) is 12.1 Å². The van der Waals surface area contributed by atoms with E-state index in [-0.39, 0.29) is 5.91 Å². The molecule has 0 radical (unpaired) electrons. The Morgan fingerprint density at radius 2 is 1.90 bits per heavy atom. The lowest BCUT2D eigenvalue weighted by molar-refractivity contribution is -0.120. The van der Waals surface area contributed by atoms with Crippen LogP contribution < -0.4 is 5.32 Å². The van der Waals surface area contributed by atoms with Crippen LogP contribution in [0.15, 0.2) is 48.5 Å². The maximum absolute atomic E-state index is 11.8. The van der Waals surface area contributed by atoms with Crippen LogP contribution in [0.3, 0.4) is 0 Å². The average Bonchev–Trinajstić information content (AvgIpc) is 2.46. The number of nitrogens with one attached hydrogen (secondary N) is 1. The maximum Gasteiger partial charge on any atom is 0.224 e. The Hall–Kier alpha value is -2.60. The third-order valence-electron chi connectivity index (χ3n) is 3.02. The maximum atomic E-state index is 11.8. The van der Waals surface area contributed by atoms with E-state index in [9.17, 15) is 4.79 Å². The predicted octanol–water partition coefficient (Wildman–Crippen LogP) is 2.73. The summed E-state index contributed by atoms with van der Waals surface area (Å²) in [7, 11) is 0. The number of aryl methyl sites for hydroxylation is 1. The van der Waals surface area contributed by atoms with Crippen LogP contribution in [0.25, 0.3) is 0 Å². The molecule has 20 heavy (non-hydrogen) atoms. The minimum Gasteiger partial charge on any atom is -0.352 e. The third-order valence-corrected chi connectivity index (χ3v) is 3.02. The van der Waals surface area contributed by atoms with Crippen molar-refractivity contribution in [1.82, 2.24) is 5.32 Å². The second kappa shape index (κ2) is 6.53. The van der Waals surface area contributed by atoms with Gasteiger partial charge in [-0.3, -0.25) is 4.79 Å². The number of nitriles is 1. The molecular formula is C17H16N2O. The van der Waals surface area contributed by atoms with E-state index in [0.717, 1.165) is 11.1 Å². The van der Waals surface area contributed by atoms with Crippen molar-refractivity contribution in [2.45, 2.75) is 19.9 Å². The fourth-order valence-corrected chi connectivity index (χ4v) is 1.97. The van der Waals surface area contributed by atoms with Crippen LogP contribution in [0.1, 0.15) is 22.3 Å². The molecule has 0 fully saturated rings. The van der Waals surface area contributed by atoms with Gasteiger partial charge in [0.1, 0.15) is 0 Å². The van der Waals surface area contributed by atoms with Crippen molar-refractivity contribution < 1.29 is 4.79 Å². The summed E-state index contributed by atoms with van der Waals surface area (Å²) in [6.45, 7) is 2.57. The molecule has 0 atom stereocenters. The van der Waals surface area contributed by atoms with Gasteiger partial charge in [-0.1, -0.05) is 42.0 Å². The number of carbonyl (C=O) groups excluding carboxylic acids is 1. The largest absolute Gasteiger partial charge is 0.352 e. The van der Waals surface area contributed by atoms with Gasteiger partial charge in [0.25, 0.3) is 0 Å². The van der Waals surface area contributed by atoms with E-state index in [2.05, 4.69) is 17.5 Å². The lowest BCUT2D eigenvalue weighted by atomic mass is 10.1.